The highest BCUT2D eigenvalue weighted by Gasteiger charge is 2.35. The molecular formula is C18H23F3N2O. The van der Waals surface area contributed by atoms with E-state index in [1.165, 1.54) is 12.1 Å². The number of hydrogen-bond donors (Lipinski definition) is 1. The summed E-state index contributed by atoms with van der Waals surface area (Å²) in [6.45, 7) is 2.71. The number of alkyl halides is 3. The number of fused-ring (bicyclic) bond motifs is 1. The number of benzene rings is 1. The molecule has 0 saturated carbocycles. The fourth-order valence-electron chi connectivity index (χ4n) is 3.89. The molecule has 6 heteroatoms. The summed E-state index contributed by atoms with van der Waals surface area (Å²) in [4.78, 5) is 14.7. The van der Waals surface area contributed by atoms with Crippen LogP contribution in [0.4, 0.5) is 13.2 Å². The SMILES string of the molecule is O=C(Cc1ccc(C(F)(F)F)cc1)N1CCCC2CNCCCC21. The fraction of sp³-hybridized carbons (Fsp3) is 0.611. The Hall–Kier alpha value is -1.56. The van der Waals surface area contributed by atoms with Gasteiger partial charge >= 0.3 is 6.18 Å². The van der Waals surface area contributed by atoms with Gasteiger partial charge in [-0.25, -0.2) is 0 Å². The molecule has 3 rings (SSSR count). The summed E-state index contributed by atoms with van der Waals surface area (Å²) in [5.74, 6) is 0.532. The van der Waals surface area contributed by atoms with Crippen LogP contribution in [0.3, 0.4) is 0 Å². The maximum absolute atomic E-state index is 12.7. The van der Waals surface area contributed by atoms with Crippen LogP contribution < -0.4 is 5.32 Å². The van der Waals surface area contributed by atoms with Crippen molar-refractivity contribution in [2.24, 2.45) is 5.92 Å². The van der Waals surface area contributed by atoms with Crippen LogP contribution in [0.25, 0.3) is 0 Å². The number of piperidine rings is 1. The van der Waals surface area contributed by atoms with E-state index in [2.05, 4.69) is 5.32 Å². The number of carbonyl (C=O) groups excluding carboxylic acids is 1. The molecule has 2 fully saturated rings. The zero-order valence-corrected chi connectivity index (χ0v) is 13.6. The van der Waals surface area contributed by atoms with Crippen LogP contribution in [-0.4, -0.2) is 36.5 Å². The normalized spacial score (nSPS) is 25.0. The number of nitrogens with one attached hydrogen (secondary N) is 1. The van der Waals surface area contributed by atoms with E-state index in [9.17, 15) is 18.0 Å². The van der Waals surface area contributed by atoms with E-state index in [0.29, 0.717) is 11.5 Å². The number of rotatable bonds is 2. The Balaban J connectivity index is 1.67. The van der Waals surface area contributed by atoms with E-state index in [4.69, 9.17) is 0 Å². The summed E-state index contributed by atoms with van der Waals surface area (Å²) in [7, 11) is 0. The van der Waals surface area contributed by atoms with Gasteiger partial charge in [0.2, 0.25) is 5.91 Å². The zero-order valence-electron chi connectivity index (χ0n) is 13.6. The quantitative estimate of drug-likeness (QED) is 0.896. The first-order valence-electron chi connectivity index (χ1n) is 8.61. The molecule has 2 aliphatic rings. The molecule has 2 aliphatic heterocycles. The monoisotopic (exact) mass is 340 g/mol. The molecule has 0 bridgehead atoms. The van der Waals surface area contributed by atoms with E-state index in [1.807, 2.05) is 4.90 Å². The van der Waals surface area contributed by atoms with Crippen LogP contribution in [0.2, 0.25) is 0 Å². The Labute approximate surface area is 140 Å². The van der Waals surface area contributed by atoms with E-state index < -0.39 is 11.7 Å². The third-order valence-electron chi connectivity index (χ3n) is 5.14. The molecule has 132 valence electrons. The highest BCUT2D eigenvalue weighted by atomic mass is 19.4. The zero-order chi connectivity index (χ0) is 17.2. The number of halogens is 3. The van der Waals surface area contributed by atoms with E-state index in [0.717, 1.165) is 57.5 Å². The van der Waals surface area contributed by atoms with Crippen LogP contribution in [-0.2, 0) is 17.4 Å². The average Bonchev–Trinajstić information content (AvgIpc) is 2.79. The van der Waals surface area contributed by atoms with E-state index in [-0.39, 0.29) is 18.4 Å². The summed E-state index contributed by atoms with van der Waals surface area (Å²) in [5.41, 5.74) is -0.0338. The lowest BCUT2D eigenvalue weighted by Crippen LogP contribution is -2.50. The molecule has 24 heavy (non-hydrogen) atoms. The lowest BCUT2D eigenvalue weighted by Gasteiger charge is -2.40. The van der Waals surface area contributed by atoms with Crippen molar-refractivity contribution in [2.45, 2.75) is 44.3 Å². The molecule has 2 unspecified atom stereocenters. The second kappa shape index (κ2) is 7.13. The topological polar surface area (TPSA) is 32.3 Å². The highest BCUT2D eigenvalue weighted by molar-refractivity contribution is 5.79. The van der Waals surface area contributed by atoms with Crippen molar-refractivity contribution in [3.8, 4) is 0 Å². The summed E-state index contributed by atoms with van der Waals surface area (Å²) in [6, 6.07) is 5.21. The molecule has 3 nitrogen and oxygen atoms in total. The molecule has 1 amide bonds. The molecule has 2 saturated heterocycles. The van der Waals surface area contributed by atoms with Crippen molar-refractivity contribution in [2.75, 3.05) is 19.6 Å². The average molecular weight is 340 g/mol. The summed E-state index contributed by atoms with van der Waals surface area (Å²) in [5, 5.41) is 3.43. The third-order valence-corrected chi connectivity index (χ3v) is 5.14. The summed E-state index contributed by atoms with van der Waals surface area (Å²) in [6.07, 6.45) is 0.0513. The largest absolute Gasteiger partial charge is 0.416 e. The first-order chi connectivity index (χ1) is 11.4. The fourth-order valence-corrected chi connectivity index (χ4v) is 3.89. The standard InChI is InChI=1S/C18H23F3N2O/c19-18(20,21)15-7-5-13(6-8-15)11-17(24)23-10-2-3-14-12-22-9-1-4-16(14)23/h5-8,14,16,22H,1-4,9-12H2. The van der Waals surface area contributed by atoms with Gasteiger partial charge < -0.3 is 10.2 Å². The van der Waals surface area contributed by atoms with E-state index >= 15 is 0 Å². The lowest BCUT2D eigenvalue weighted by atomic mass is 9.87. The first-order valence-corrected chi connectivity index (χ1v) is 8.61. The Kier molecular flexibility index (Phi) is 5.13. The molecule has 0 spiro atoms. The van der Waals surface area contributed by atoms with Crippen molar-refractivity contribution in [3.63, 3.8) is 0 Å². The van der Waals surface area contributed by atoms with Gasteiger partial charge in [-0.2, -0.15) is 13.2 Å². The first kappa shape index (κ1) is 17.3. The van der Waals surface area contributed by atoms with Crippen LogP contribution in [0.1, 0.15) is 36.8 Å². The molecule has 0 aromatic heterocycles. The van der Waals surface area contributed by atoms with Gasteiger partial charge in [0.25, 0.3) is 0 Å². The molecule has 0 radical (unpaired) electrons. The molecule has 1 aromatic rings. The van der Waals surface area contributed by atoms with Gasteiger partial charge in [0, 0.05) is 12.6 Å². The van der Waals surface area contributed by atoms with Crippen LogP contribution in [0.5, 0.6) is 0 Å². The van der Waals surface area contributed by atoms with Crippen LogP contribution in [0.15, 0.2) is 24.3 Å². The van der Waals surface area contributed by atoms with Crippen molar-refractivity contribution in [3.05, 3.63) is 35.4 Å². The van der Waals surface area contributed by atoms with Crippen LogP contribution in [0, 0.1) is 5.92 Å². The summed E-state index contributed by atoms with van der Waals surface area (Å²) < 4.78 is 37.8. The van der Waals surface area contributed by atoms with Crippen molar-refractivity contribution in [1.29, 1.82) is 0 Å². The predicted octanol–water partition coefficient (Wildman–Crippen LogP) is 3.24. The van der Waals surface area contributed by atoms with E-state index in [1.54, 1.807) is 0 Å². The molecular weight excluding hydrogens is 317 g/mol. The minimum atomic E-state index is -4.34. The number of hydrogen-bond acceptors (Lipinski definition) is 2. The second-order valence-electron chi connectivity index (χ2n) is 6.77. The second-order valence-corrected chi connectivity index (χ2v) is 6.77. The van der Waals surface area contributed by atoms with Crippen molar-refractivity contribution in [1.82, 2.24) is 10.2 Å². The van der Waals surface area contributed by atoms with Gasteiger partial charge in [0.15, 0.2) is 0 Å². The van der Waals surface area contributed by atoms with Gasteiger partial charge in [-0.15, -0.1) is 0 Å². The van der Waals surface area contributed by atoms with Gasteiger partial charge in [0.1, 0.15) is 0 Å². The Morgan fingerprint density at radius 1 is 1.17 bits per heavy atom. The number of carbonyl (C=O) groups is 1. The molecule has 2 heterocycles. The Bertz CT molecular complexity index is 571. The number of amides is 1. The maximum Gasteiger partial charge on any atom is 0.416 e. The molecule has 0 aliphatic carbocycles. The van der Waals surface area contributed by atoms with Gasteiger partial charge in [-0.3, -0.25) is 4.79 Å². The minimum Gasteiger partial charge on any atom is -0.339 e. The van der Waals surface area contributed by atoms with Gasteiger partial charge in [0.05, 0.1) is 12.0 Å². The van der Waals surface area contributed by atoms with Crippen molar-refractivity contribution >= 4 is 5.91 Å². The smallest absolute Gasteiger partial charge is 0.339 e. The minimum absolute atomic E-state index is 0.0337. The molecule has 1 aromatic carbocycles. The number of nitrogens with zero attached hydrogens (tertiary/aromatic N) is 1. The lowest BCUT2D eigenvalue weighted by molar-refractivity contribution is -0.137. The number of likely N-dealkylation sites (tertiary alicyclic amines) is 1. The van der Waals surface area contributed by atoms with Gasteiger partial charge in [-0.05, 0) is 62.4 Å². The molecule has 2 atom stereocenters. The van der Waals surface area contributed by atoms with Gasteiger partial charge in [-0.1, -0.05) is 12.1 Å². The Morgan fingerprint density at radius 2 is 1.92 bits per heavy atom. The third kappa shape index (κ3) is 3.91. The van der Waals surface area contributed by atoms with Crippen molar-refractivity contribution < 1.29 is 18.0 Å². The molecule has 1 N–H and O–H groups in total. The Morgan fingerprint density at radius 3 is 2.62 bits per heavy atom. The highest BCUT2D eigenvalue weighted by Crippen LogP contribution is 2.30. The predicted molar refractivity (Wildman–Crippen MR) is 85.5 cm³/mol. The summed E-state index contributed by atoms with van der Waals surface area (Å²) >= 11 is 0. The van der Waals surface area contributed by atoms with Crippen LogP contribution >= 0.6 is 0 Å². The maximum atomic E-state index is 12.7.